The highest BCUT2D eigenvalue weighted by Crippen LogP contribution is 2.44. The zero-order chi connectivity index (χ0) is 25.2. The minimum absolute atomic E-state index is 0.392. The van der Waals surface area contributed by atoms with Crippen LogP contribution in [0.25, 0.3) is 0 Å². The Morgan fingerprint density at radius 1 is 1.15 bits per heavy atom. The summed E-state index contributed by atoms with van der Waals surface area (Å²) in [6.07, 6.45) is -13.9. The number of ether oxygens (including phenoxy) is 2. The molecule has 0 aromatic heterocycles. The highest BCUT2D eigenvalue weighted by atomic mass is 32.2. The van der Waals surface area contributed by atoms with Gasteiger partial charge in [-0.15, -0.1) is 11.8 Å². The van der Waals surface area contributed by atoms with E-state index in [1.54, 1.807) is 0 Å². The monoisotopic (exact) mass is 500 g/mol. The van der Waals surface area contributed by atoms with Gasteiger partial charge in [-0.25, -0.2) is 4.79 Å². The normalized spacial score (nSPS) is 42.2. The van der Waals surface area contributed by atoms with Gasteiger partial charge in [-0.1, -0.05) is 6.92 Å². The number of thioether (sulfide) groups is 1. The van der Waals surface area contributed by atoms with E-state index in [-0.39, 0.29) is 0 Å². The number of aliphatic hydroxyl groups excluding tert-OH is 7. The summed E-state index contributed by atoms with van der Waals surface area (Å²) in [5.74, 6) is -2.09. The Balaban J connectivity index is 2.35. The van der Waals surface area contributed by atoms with Gasteiger partial charge in [0.1, 0.15) is 42.7 Å². The molecule has 10 unspecified atom stereocenters. The fraction of sp³-hybridized carbons (Fsp3) is 0.889. The highest BCUT2D eigenvalue weighted by Gasteiger charge is 2.56. The molecule has 0 aromatic rings. The van der Waals surface area contributed by atoms with Crippen LogP contribution >= 0.6 is 11.8 Å². The molecule has 0 bridgehead atoms. The molecule has 0 spiro atoms. The number of carboxylic acids is 1. The number of carbonyl (C=O) groups is 2. The third-order valence-electron chi connectivity index (χ3n) is 5.72. The van der Waals surface area contributed by atoms with Crippen molar-refractivity contribution >= 4 is 23.6 Å². The molecular weight excluding hydrogens is 468 g/mol. The molecule has 0 saturated carbocycles. The number of nitrogens with one attached hydrogen (secondary N) is 1. The maximum absolute atomic E-state index is 12.3. The number of carboxylic acid groups (broad SMARTS) is 1. The Morgan fingerprint density at radius 3 is 2.27 bits per heavy atom. The molecule has 33 heavy (non-hydrogen) atoms. The molecule has 2 aliphatic heterocycles. The van der Waals surface area contributed by atoms with Crippen LogP contribution in [0.15, 0.2) is 0 Å². The summed E-state index contributed by atoms with van der Waals surface area (Å²) in [5, 5.41) is 80.7. The molecule has 0 aromatic carbocycles. The van der Waals surface area contributed by atoms with Crippen LogP contribution in [0, 0.1) is 0 Å². The van der Waals surface area contributed by atoms with E-state index in [4.69, 9.17) is 15.2 Å². The van der Waals surface area contributed by atoms with Crippen molar-refractivity contribution in [2.24, 2.45) is 5.73 Å². The van der Waals surface area contributed by atoms with Crippen LogP contribution in [0.3, 0.4) is 0 Å². The summed E-state index contributed by atoms with van der Waals surface area (Å²) in [6.45, 7) is 1.71. The summed E-state index contributed by atoms with van der Waals surface area (Å²) in [6, 6.07) is -2.20. The molecule has 2 fully saturated rings. The minimum Gasteiger partial charge on any atom is -0.478 e. The minimum atomic E-state index is -2.18. The Labute approximate surface area is 193 Å². The maximum atomic E-state index is 12.3. The first-order valence-electron chi connectivity index (χ1n) is 10.2. The van der Waals surface area contributed by atoms with Crippen LogP contribution in [0.4, 0.5) is 0 Å². The highest BCUT2D eigenvalue weighted by molar-refractivity contribution is 8.01. The predicted octanol–water partition coefficient (Wildman–Crippen LogP) is -4.98. The Hall–Kier alpha value is -1.11. The fourth-order valence-corrected chi connectivity index (χ4v) is 5.48. The van der Waals surface area contributed by atoms with Gasteiger partial charge in [0.15, 0.2) is 6.29 Å². The number of carbonyl (C=O) groups excluding carboxylic acids is 1. The first kappa shape index (κ1) is 28.1. The lowest BCUT2D eigenvalue weighted by molar-refractivity contribution is -0.280. The van der Waals surface area contributed by atoms with Gasteiger partial charge in [-0.2, -0.15) is 0 Å². The molecule has 14 nitrogen and oxygen atoms in total. The average molecular weight is 501 g/mol. The predicted molar refractivity (Wildman–Crippen MR) is 110 cm³/mol. The Bertz CT molecular complexity index is 703. The van der Waals surface area contributed by atoms with Crippen LogP contribution in [-0.4, -0.2) is 131 Å². The Morgan fingerprint density at radius 2 is 1.76 bits per heavy atom. The summed E-state index contributed by atoms with van der Waals surface area (Å²) in [4.78, 5) is 21.8. The van der Waals surface area contributed by atoms with Gasteiger partial charge in [-0.05, 0) is 0 Å². The van der Waals surface area contributed by atoms with Crippen LogP contribution in [0.2, 0.25) is 0 Å². The Kier molecular flexibility index (Phi) is 9.45. The fourth-order valence-electron chi connectivity index (χ4n) is 3.96. The van der Waals surface area contributed by atoms with E-state index in [1.165, 1.54) is 13.8 Å². The molecule has 15 heteroatoms. The number of nitrogens with two attached hydrogens (primary N) is 1. The molecule has 2 rings (SSSR count). The second kappa shape index (κ2) is 11.1. The number of rotatable bonds is 8. The smallest absolute Gasteiger partial charge is 0.346 e. The zero-order valence-corrected chi connectivity index (χ0v) is 18.8. The zero-order valence-electron chi connectivity index (χ0n) is 18.0. The van der Waals surface area contributed by atoms with E-state index in [0.29, 0.717) is 11.8 Å². The van der Waals surface area contributed by atoms with E-state index < -0.39 is 96.2 Å². The van der Waals surface area contributed by atoms with Crippen molar-refractivity contribution in [1.82, 2.24) is 5.32 Å². The van der Waals surface area contributed by atoms with Crippen molar-refractivity contribution in [3.05, 3.63) is 0 Å². The van der Waals surface area contributed by atoms with Crippen molar-refractivity contribution in [3.8, 4) is 0 Å². The first-order chi connectivity index (χ1) is 15.3. The van der Waals surface area contributed by atoms with E-state index in [2.05, 4.69) is 5.32 Å². The summed E-state index contributed by atoms with van der Waals surface area (Å²) < 4.78 is 10.9. The SMILES string of the molecule is CC(=O)NC1C(N)CC(SC(C)C2OC(O)C(O)C(O)C2O)(C(=O)O)OC1[C@H](O)[C@H](O)CO. The number of aliphatic hydroxyl groups is 7. The molecule has 12 atom stereocenters. The van der Waals surface area contributed by atoms with E-state index in [9.17, 15) is 50.4 Å². The van der Waals surface area contributed by atoms with Crippen LogP contribution < -0.4 is 11.1 Å². The lowest BCUT2D eigenvalue weighted by atomic mass is 9.88. The molecule has 1 amide bonds. The van der Waals surface area contributed by atoms with Gasteiger partial charge in [0.2, 0.25) is 10.8 Å². The van der Waals surface area contributed by atoms with Crippen molar-refractivity contribution in [1.29, 1.82) is 0 Å². The van der Waals surface area contributed by atoms with Gasteiger partial charge in [0.25, 0.3) is 0 Å². The second-order valence-electron chi connectivity index (χ2n) is 8.26. The van der Waals surface area contributed by atoms with Gasteiger partial charge in [-0.3, -0.25) is 4.79 Å². The lowest BCUT2D eigenvalue weighted by Gasteiger charge is -2.49. The van der Waals surface area contributed by atoms with Crippen molar-refractivity contribution in [3.63, 3.8) is 0 Å². The standard InChI is InChI=1S/C18H32N2O12S/c1-5(14-12(26)11(25)13(27)16(28)31-14)33-18(17(29)30)3-7(19)9(20-6(2)22)15(32-18)10(24)8(23)4-21/h5,7-16,21,23-28H,3-4,19H2,1-2H3,(H,20,22)(H,29,30)/t5?,7?,8-,9?,10-,11?,12?,13?,14?,15?,16?,18?/m1/s1. The molecule has 2 saturated heterocycles. The number of amides is 1. The maximum Gasteiger partial charge on any atom is 0.346 e. The third kappa shape index (κ3) is 5.94. The van der Waals surface area contributed by atoms with Crippen LogP contribution in [0.5, 0.6) is 0 Å². The van der Waals surface area contributed by atoms with Crippen LogP contribution in [0.1, 0.15) is 20.3 Å². The molecule has 0 aliphatic carbocycles. The van der Waals surface area contributed by atoms with Crippen molar-refractivity contribution in [2.45, 2.75) is 91.6 Å². The van der Waals surface area contributed by atoms with Crippen molar-refractivity contribution < 1.29 is 59.9 Å². The largest absolute Gasteiger partial charge is 0.478 e. The molecule has 11 N–H and O–H groups in total. The summed E-state index contributed by atoms with van der Waals surface area (Å²) in [7, 11) is 0. The van der Waals surface area contributed by atoms with Crippen molar-refractivity contribution in [2.75, 3.05) is 6.61 Å². The molecule has 0 radical (unpaired) electrons. The second-order valence-corrected chi connectivity index (χ2v) is 9.90. The van der Waals surface area contributed by atoms with Gasteiger partial charge >= 0.3 is 5.97 Å². The van der Waals surface area contributed by atoms with Gasteiger partial charge < -0.3 is 61.4 Å². The number of hydrogen-bond acceptors (Lipinski definition) is 13. The summed E-state index contributed by atoms with van der Waals surface area (Å²) >= 11 is 0.598. The van der Waals surface area contributed by atoms with E-state index >= 15 is 0 Å². The van der Waals surface area contributed by atoms with E-state index in [1.807, 2.05) is 0 Å². The lowest BCUT2D eigenvalue weighted by Crippen LogP contribution is -2.69. The number of hydrogen-bond donors (Lipinski definition) is 10. The topological polar surface area (TPSA) is 252 Å². The molecule has 192 valence electrons. The van der Waals surface area contributed by atoms with Gasteiger partial charge in [0.05, 0.1) is 12.6 Å². The van der Waals surface area contributed by atoms with Gasteiger partial charge in [0, 0.05) is 24.6 Å². The quantitative estimate of drug-likeness (QED) is 0.150. The average Bonchev–Trinajstić information content (AvgIpc) is 2.74. The number of aliphatic carboxylic acids is 1. The first-order valence-corrected chi connectivity index (χ1v) is 11.1. The third-order valence-corrected chi connectivity index (χ3v) is 7.18. The summed E-state index contributed by atoms with van der Waals surface area (Å²) in [5.41, 5.74) is 6.13. The van der Waals surface area contributed by atoms with Crippen LogP contribution in [-0.2, 0) is 19.1 Å². The molecular formula is C18H32N2O12S. The van der Waals surface area contributed by atoms with E-state index in [0.717, 1.165) is 0 Å². The molecule has 2 heterocycles. The molecule has 2 aliphatic rings.